The van der Waals surface area contributed by atoms with Crippen LogP contribution in [-0.2, 0) is 21.2 Å². The van der Waals surface area contributed by atoms with Crippen molar-refractivity contribution < 1.29 is 13.2 Å². The average molecular weight is 367 g/mol. The Morgan fingerprint density at radius 3 is 2.42 bits per heavy atom. The molecule has 0 bridgehead atoms. The minimum Gasteiger partial charge on any atom is -0.354 e. The van der Waals surface area contributed by atoms with Crippen LogP contribution in [0, 0.1) is 13.8 Å². The fourth-order valence-electron chi connectivity index (χ4n) is 2.51. The van der Waals surface area contributed by atoms with E-state index in [1.807, 2.05) is 49.6 Å². The third-order valence-electron chi connectivity index (χ3n) is 3.45. The molecule has 0 spiro atoms. The van der Waals surface area contributed by atoms with E-state index in [-0.39, 0.29) is 19.0 Å². The first kappa shape index (κ1) is 18.5. The van der Waals surface area contributed by atoms with Crippen molar-refractivity contribution in [3.8, 4) is 0 Å². The van der Waals surface area contributed by atoms with Gasteiger partial charge in [-0.25, -0.2) is 8.42 Å². The number of benzene rings is 1. The molecule has 0 aliphatic heterocycles. The zero-order chi connectivity index (χ0) is 17.7. The van der Waals surface area contributed by atoms with Crippen molar-refractivity contribution in [1.29, 1.82) is 0 Å². The molecule has 2 rings (SSSR count). The SMILES string of the molecule is Cc1cc(C)cc(N(CCNC(=O)Cc2cccs2)S(C)(=O)=O)c1. The van der Waals surface area contributed by atoms with E-state index in [0.29, 0.717) is 12.1 Å². The van der Waals surface area contributed by atoms with Gasteiger partial charge in [-0.2, -0.15) is 0 Å². The Bertz CT molecular complexity index is 779. The van der Waals surface area contributed by atoms with Gasteiger partial charge in [0.15, 0.2) is 0 Å². The lowest BCUT2D eigenvalue weighted by atomic mass is 10.1. The van der Waals surface area contributed by atoms with Crippen LogP contribution < -0.4 is 9.62 Å². The Morgan fingerprint density at radius 2 is 1.88 bits per heavy atom. The van der Waals surface area contributed by atoms with Crippen molar-refractivity contribution >= 4 is 33.0 Å². The Morgan fingerprint density at radius 1 is 1.21 bits per heavy atom. The van der Waals surface area contributed by atoms with E-state index in [4.69, 9.17) is 0 Å². The van der Waals surface area contributed by atoms with E-state index in [0.717, 1.165) is 16.0 Å². The molecule has 1 aromatic heterocycles. The van der Waals surface area contributed by atoms with Crippen LogP contribution in [-0.4, -0.2) is 33.7 Å². The number of rotatable bonds is 7. The summed E-state index contributed by atoms with van der Waals surface area (Å²) in [5, 5.41) is 4.71. The summed E-state index contributed by atoms with van der Waals surface area (Å²) in [6.45, 7) is 4.34. The highest BCUT2D eigenvalue weighted by molar-refractivity contribution is 7.92. The van der Waals surface area contributed by atoms with Crippen molar-refractivity contribution in [3.63, 3.8) is 0 Å². The second-order valence-electron chi connectivity index (χ2n) is 5.79. The van der Waals surface area contributed by atoms with Crippen LogP contribution in [0.15, 0.2) is 35.7 Å². The summed E-state index contributed by atoms with van der Waals surface area (Å²) >= 11 is 1.53. The quantitative estimate of drug-likeness (QED) is 0.819. The summed E-state index contributed by atoms with van der Waals surface area (Å²) in [4.78, 5) is 12.9. The molecule has 130 valence electrons. The Labute approximate surface area is 147 Å². The van der Waals surface area contributed by atoms with Gasteiger partial charge < -0.3 is 5.32 Å². The number of aryl methyl sites for hydroxylation is 2. The van der Waals surface area contributed by atoms with Crippen molar-refractivity contribution in [2.75, 3.05) is 23.7 Å². The minimum absolute atomic E-state index is 0.105. The topological polar surface area (TPSA) is 66.5 Å². The smallest absolute Gasteiger partial charge is 0.232 e. The number of nitrogens with one attached hydrogen (secondary N) is 1. The standard InChI is InChI=1S/C17H22N2O3S2/c1-13-9-14(2)11-15(10-13)19(24(3,21)22)7-6-18-17(20)12-16-5-4-8-23-16/h4-5,8-11H,6-7,12H2,1-3H3,(H,18,20). The lowest BCUT2D eigenvalue weighted by molar-refractivity contribution is -0.120. The van der Waals surface area contributed by atoms with Crippen molar-refractivity contribution in [2.45, 2.75) is 20.3 Å². The number of sulfonamides is 1. The number of hydrogen-bond acceptors (Lipinski definition) is 4. The largest absolute Gasteiger partial charge is 0.354 e. The summed E-state index contributed by atoms with van der Waals surface area (Å²) in [5.41, 5.74) is 2.63. The highest BCUT2D eigenvalue weighted by Crippen LogP contribution is 2.20. The zero-order valence-corrected chi connectivity index (χ0v) is 15.7. The lowest BCUT2D eigenvalue weighted by Crippen LogP contribution is -2.38. The van der Waals surface area contributed by atoms with Gasteiger partial charge in [0.1, 0.15) is 0 Å². The van der Waals surface area contributed by atoms with E-state index in [1.165, 1.54) is 21.9 Å². The summed E-state index contributed by atoms with van der Waals surface area (Å²) in [6, 6.07) is 9.47. The fourth-order valence-corrected chi connectivity index (χ4v) is 4.13. The van der Waals surface area contributed by atoms with Gasteiger partial charge >= 0.3 is 0 Å². The first-order chi connectivity index (χ1) is 11.3. The number of nitrogens with zero attached hydrogens (tertiary/aromatic N) is 1. The third-order valence-corrected chi connectivity index (χ3v) is 5.52. The van der Waals surface area contributed by atoms with Gasteiger partial charge in [0, 0.05) is 11.4 Å². The third kappa shape index (κ3) is 5.35. The molecule has 24 heavy (non-hydrogen) atoms. The van der Waals surface area contributed by atoms with Crippen LogP contribution in [0.4, 0.5) is 5.69 Å². The molecule has 7 heteroatoms. The summed E-state index contributed by atoms with van der Waals surface area (Å²) in [6.07, 6.45) is 1.50. The Balaban J connectivity index is 2.01. The molecule has 0 radical (unpaired) electrons. The number of thiophene rings is 1. The van der Waals surface area contributed by atoms with Crippen LogP contribution >= 0.6 is 11.3 Å². The van der Waals surface area contributed by atoms with Crippen LogP contribution in [0.1, 0.15) is 16.0 Å². The van der Waals surface area contributed by atoms with Crippen LogP contribution in [0.5, 0.6) is 0 Å². The molecular formula is C17H22N2O3S2. The zero-order valence-electron chi connectivity index (χ0n) is 14.1. The van der Waals surface area contributed by atoms with Gasteiger partial charge in [-0.1, -0.05) is 12.1 Å². The number of amides is 1. The van der Waals surface area contributed by atoms with E-state index < -0.39 is 10.0 Å². The molecule has 0 aliphatic rings. The monoisotopic (exact) mass is 366 g/mol. The first-order valence-electron chi connectivity index (χ1n) is 7.61. The van der Waals surface area contributed by atoms with E-state index >= 15 is 0 Å². The van der Waals surface area contributed by atoms with Gasteiger partial charge in [-0.15, -0.1) is 11.3 Å². The number of anilines is 1. The van der Waals surface area contributed by atoms with Gasteiger partial charge in [0.05, 0.1) is 24.9 Å². The second-order valence-corrected chi connectivity index (χ2v) is 8.73. The van der Waals surface area contributed by atoms with Crippen LogP contribution in [0.3, 0.4) is 0 Å². The van der Waals surface area contributed by atoms with Crippen molar-refractivity contribution in [3.05, 3.63) is 51.7 Å². The summed E-state index contributed by atoms with van der Waals surface area (Å²) in [7, 11) is -3.42. The Hall–Kier alpha value is -1.86. The molecule has 1 amide bonds. The second kappa shape index (κ2) is 7.81. The first-order valence-corrected chi connectivity index (χ1v) is 10.3. The maximum absolute atomic E-state index is 12.1. The molecule has 0 saturated heterocycles. The average Bonchev–Trinajstić information content (AvgIpc) is 2.93. The molecule has 1 N–H and O–H groups in total. The predicted molar refractivity (Wildman–Crippen MR) is 99.1 cm³/mol. The molecule has 2 aromatic rings. The Kier molecular flexibility index (Phi) is 6.01. The van der Waals surface area contributed by atoms with E-state index in [2.05, 4.69) is 5.32 Å². The molecule has 0 unspecified atom stereocenters. The maximum Gasteiger partial charge on any atom is 0.232 e. The normalized spacial score (nSPS) is 11.3. The van der Waals surface area contributed by atoms with Gasteiger partial charge in [0.25, 0.3) is 0 Å². The van der Waals surface area contributed by atoms with Crippen LogP contribution in [0.25, 0.3) is 0 Å². The fraction of sp³-hybridized carbons (Fsp3) is 0.353. The number of carbonyl (C=O) groups is 1. The molecular weight excluding hydrogens is 344 g/mol. The minimum atomic E-state index is -3.42. The van der Waals surface area contributed by atoms with Crippen molar-refractivity contribution in [2.24, 2.45) is 0 Å². The summed E-state index contributed by atoms with van der Waals surface area (Å²) in [5.74, 6) is -0.105. The van der Waals surface area contributed by atoms with E-state index in [1.54, 1.807) is 0 Å². The molecule has 1 heterocycles. The van der Waals surface area contributed by atoms with Crippen LogP contribution in [0.2, 0.25) is 0 Å². The van der Waals surface area contributed by atoms with Crippen molar-refractivity contribution in [1.82, 2.24) is 5.32 Å². The summed E-state index contributed by atoms with van der Waals surface area (Å²) < 4.78 is 25.5. The molecule has 0 fully saturated rings. The van der Waals surface area contributed by atoms with E-state index in [9.17, 15) is 13.2 Å². The highest BCUT2D eigenvalue weighted by Gasteiger charge is 2.18. The van der Waals surface area contributed by atoms with Gasteiger partial charge in [-0.3, -0.25) is 9.10 Å². The molecule has 0 saturated carbocycles. The number of hydrogen-bond donors (Lipinski definition) is 1. The molecule has 5 nitrogen and oxygen atoms in total. The van der Waals surface area contributed by atoms with Gasteiger partial charge in [0.2, 0.25) is 15.9 Å². The molecule has 0 atom stereocenters. The lowest BCUT2D eigenvalue weighted by Gasteiger charge is -2.23. The number of carbonyl (C=O) groups excluding carboxylic acids is 1. The molecule has 1 aromatic carbocycles. The van der Waals surface area contributed by atoms with Gasteiger partial charge in [-0.05, 0) is 48.6 Å². The maximum atomic E-state index is 12.1. The molecule has 0 aliphatic carbocycles. The predicted octanol–water partition coefficient (Wildman–Crippen LogP) is 2.49. The highest BCUT2D eigenvalue weighted by atomic mass is 32.2.